The number of hydrogen-bond acceptors (Lipinski definition) is 4. The standard InChI is InChI=1S/C16H25N3O3.HI/c1-5-17-16(18-10-12(2)15(20)22-4)19-11-13-6-8-14(21-3)9-7-13;/h6-9,12H,5,10-11H2,1-4H3,(H2,17,18,19);1H. The normalized spacial score (nSPS) is 11.9. The molecule has 7 heteroatoms. The highest BCUT2D eigenvalue weighted by Gasteiger charge is 2.13. The molecule has 0 aliphatic heterocycles. The van der Waals surface area contributed by atoms with E-state index >= 15 is 0 Å². The fourth-order valence-electron chi connectivity index (χ4n) is 1.78. The lowest BCUT2D eigenvalue weighted by Crippen LogP contribution is -2.40. The van der Waals surface area contributed by atoms with Gasteiger partial charge in [-0.1, -0.05) is 19.1 Å². The third-order valence-corrected chi connectivity index (χ3v) is 3.10. The number of guanidine groups is 1. The Kier molecular flexibility index (Phi) is 11.2. The molecule has 0 aromatic heterocycles. The van der Waals surface area contributed by atoms with Gasteiger partial charge in [0.25, 0.3) is 0 Å². The summed E-state index contributed by atoms with van der Waals surface area (Å²) in [5.41, 5.74) is 1.08. The molecule has 0 bridgehead atoms. The summed E-state index contributed by atoms with van der Waals surface area (Å²) in [6.07, 6.45) is 0. The Hall–Kier alpha value is -1.51. The Morgan fingerprint density at radius 1 is 1.22 bits per heavy atom. The highest BCUT2D eigenvalue weighted by Crippen LogP contribution is 2.11. The van der Waals surface area contributed by atoms with Crippen molar-refractivity contribution in [3.05, 3.63) is 29.8 Å². The number of ether oxygens (including phenoxy) is 2. The van der Waals surface area contributed by atoms with Gasteiger partial charge in [-0.3, -0.25) is 4.79 Å². The van der Waals surface area contributed by atoms with Gasteiger partial charge in [-0.15, -0.1) is 24.0 Å². The summed E-state index contributed by atoms with van der Waals surface area (Å²) in [5.74, 6) is 1.03. The van der Waals surface area contributed by atoms with E-state index in [0.29, 0.717) is 19.0 Å². The quantitative estimate of drug-likeness (QED) is 0.297. The van der Waals surface area contributed by atoms with Crippen LogP contribution in [-0.2, 0) is 16.1 Å². The molecular weight excluding hydrogens is 409 g/mol. The third-order valence-electron chi connectivity index (χ3n) is 3.10. The lowest BCUT2D eigenvalue weighted by molar-refractivity contribution is -0.144. The van der Waals surface area contributed by atoms with Gasteiger partial charge in [0.1, 0.15) is 5.75 Å². The van der Waals surface area contributed by atoms with Crippen molar-refractivity contribution < 1.29 is 14.3 Å². The Balaban J connectivity index is 0.00000484. The van der Waals surface area contributed by atoms with Gasteiger partial charge in [0, 0.05) is 13.1 Å². The number of nitrogens with one attached hydrogen (secondary N) is 2. The number of rotatable bonds is 7. The Bertz CT molecular complexity index is 492. The van der Waals surface area contributed by atoms with Gasteiger partial charge in [0.05, 0.1) is 26.7 Å². The monoisotopic (exact) mass is 435 g/mol. The van der Waals surface area contributed by atoms with E-state index in [1.54, 1.807) is 7.11 Å². The topological polar surface area (TPSA) is 72.0 Å². The van der Waals surface area contributed by atoms with Crippen molar-refractivity contribution in [3.8, 4) is 5.75 Å². The molecule has 0 saturated carbocycles. The van der Waals surface area contributed by atoms with Crippen LogP contribution in [0.25, 0.3) is 0 Å². The predicted octanol–water partition coefficient (Wildman–Crippen LogP) is 2.18. The van der Waals surface area contributed by atoms with Gasteiger partial charge < -0.3 is 20.1 Å². The maximum absolute atomic E-state index is 11.4. The van der Waals surface area contributed by atoms with E-state index in [1.807, 2.05) is 38.1 Å². The summed E-state index contributed by atoms with van der Waals surface area (Å²) < 4.78 is 9.83. The maximum Gasteiger partial charge on any atom is 0.310 e. The van der Waals surface area contributed by atoms with Gasteiger partial charge in [0.15, 0.2) is 5.96 Å². The first-order valence-electron chi connectivity index (χ1n) is 7.33. The molecule has 0 heterocycles. The number of methoxy groups -OCH3 is 2. The van der Waals surface area contributed by atoms with Crippen LogP contribution in [0, 0.1) is 5.92 Å². The fourth-order valence-corrected chi connectivity index (χ4v) is 1.78. The third kappa shape index (κ3) is 8.06. The number of carbonyl (C=O) groups is 1. The molecule has 0 fully saturated rings. The molecule has 6 nitrogen and oxygen atoms in total. The number of benzene rings is 1. The second kappa shape index (κ2) is 12.0. The van der Waals surface area contributed by atoms with E-state index in [1.165, 1.54) is 7.11 Å². The van der Waals surface area contributed by atoms with Crippen LogP contribution in [0.2, 0.25) is 0 Å². The molecule has 2 N–H and O–H groups in total. The van der Waals surface area contributed by atoms with Crippen LogP contribution in [0.15, 0.2) is 29.3 Å². The van der Waals surface area contributed by atoms with Crippen molar-refractivity contribution in [1.82, 2.24) is 10.6 Å². The lowest BCUT2D eigenvalue weighted by Gasteiger charge is -2.14. The first-order chi connectivity index (χ1) is 10.6. The van der Waals surface area contributed by atoms with E-state index in [4.69, 9.17) is 9.47 Å². The van der Waals surface area contributed by atoms with Crippen molar-refractivity contribution in [2.75, 3.05) is 27.3 Å². The Morgan fingerprint density at radius 3 is 2.39 bits per heavy atom. The molecule has 1 rings (SSSR count). The first-order valence-corrected chi connectivity index (χ1v) is 7.33. The van der Waals surface area contributed by atoms with Crippen molar-refractivity contribution in [2.45, 2.75) is 20.4 Å². The van der Waals surface area contributed by atoms with E-state index in [0.717, 1.165) is 17.9 Å². The van der Waals surface area contributed by atoms with E-state index < -0.39 is 0 Å². The zero-order chi connectivity index (χ0) is 16.4. The number of carbonyl (C=O) groups excluding carboxylic acids is 1. The molecular formula is C16H26IN3O3. The van der Waals surface area contributed by atoms with Crippen LogP contribution >= 0.6 is 24.0 Å². The SMILES string of the molecule is CCNC(=NCc1ccc(OC)cc1)NCC(C)C(=O)OC.I. The molecule has 0 spiro atoms. The number of nitrogens with zero attached hydrogens (tertiary/aromatic N) is 1. The van der Waals surface area contributed by atoms with Gasteiger partial charge in [0.2, 0.25) is 0 Å². The van der Waals surface area contributed by atoms with Crippen molar-refractivity contribution >= 4 is 35.9 Å². The molecule has 1 aromatic rings. The van der Waals surface area contributed by atoms with E-state index in [9.17, 15) is 4.79 Å². The smallest absolute Gasteiger partial charge is 0.310 e. The minimum absolute atomic E-state index is 0. The summed E-state index contributed by atoms with van der Waals surface area (Å²) in [6.45, 7) is 5.58. The molecule has 0 saturated heterocycles. The van der Waals surface area contributed by atoms with Crippen LogP contribution in [0.5, 0.6) is 5.75 Å². The van der Waals surface area contributed by atoms with Gasteiger partial charge in [-0.25, -0.2) is 4.99 Å². The van der Waals surface area contributed by atoms with Crippen LogP contribution in [0.3, 0.4) is 0 Å². The maximum atomic E-state index is 11.4. The minimum atomic E-state index is -0.237. The first kappa shape index (κ1) is 21.5. The van der Waals surface area contributed by atoms with Crippen LogP contribution in [-0.4, -0.2) is 39.2 Å². The zero-order valence-corrected chi connectivity index (χ0v) is 16.4. The highest BCUT2D eigenvalue weighted by atomic mass is 127. The number of halogens is 1. The summed E-state index contributed by atoms with van der Waals surface area (Å²) in [4.78, 5) is 15.9. The molecule has 0 radical (unpaired) electrons. The summed E-state index contributed by atoms with van der Waals surface area (Å²) in [5, 5.41) is 6.29. The largest absolute Gasteiger partial charge is 0.497 e. The fraction of sp³-hybridized carbons (Fsp3) is 0.500. The van der Waals surface area contributed by atoms with Crippen LogP contribution in [0.4, 0.5) is 0 Å². The Morgan fingerprint density at radius 2 is 1.87 bits per heavy atom. The van der Waals surface area contributed by atoms with E-state index in [2.05, 4.69) is 15.6 Å². The molecule has 23 heavy (non-hydrogen) atoms. The molecule has 130 valence electrons. The number of aliphatic imine (C=N–C) groups is 1. The van der Waals surface area contributed by atoms with Gasteiger partial charge >= 0.3 is 5.97 Å². The molecule has 0 aliphatic carbocycles. The van der Waals surface area contributed by atoms with Crippen molar-refractivity contribution in [1.29, 1.82) is 0 Å². The number of esters is 1. The summed E-state index contributed by atoms with van der Waals surface area (Å²) >= 11 is 0. The Labute approximate surface area is 155 Å². The molecule has 1 unspecified atom stereocenters. The minimum Gasteiger partial charge on any atom is -0.497 e. The number of hydrogen-bond donors (Lipinski definition) is 2. The second-order valence-corrected chi connectivity index (χ2v) is 4.85. The second-order valence-electron chi connectivity index (χ2n) is 4.85. The average Bonchev–Trinajstić information content (AvgIpc) is 2.56. The van der Waals surface area contributed by atoms with Crippen molar-refractivity contribution in [2.24, 2.45) is 10.9 Å². The molecule has 0 aliphatic rings. The van der Waals surface area contributed by atoms with Gasteiger partial charge in [-0.2, -0.15) is 0 Å². The lowest BCUT2D eigenvalue weighted by atomic mass is 10.2. The van der Waals surface area contributed by atoms with E-state index in [-0.39, 0.29) is 35.9 Å². The highest BCUT2D eigenvalue weighted by molar-refractivity contribution is 14.0. The predicted molar refractivity (Wildman–Crippen MR) is 102 cm³/mol. The van der Waals surface area contributed by atoms with Crippen molar-refractivity contribution in [3.63, 3.8) is 0 Å². The van der Waals surface area contributed by atoms with Crippen LogP contribution < -0.4 is 15.4 Å². The summed E-state index contributed by atoms with van der Waals surface area (Å²) in [7, 11) is 3.03. The molecule has 1 aromatic carbocycles. The van der Waals surface area contributed by atoms with Gasteiger partial charge in [-0.05, 0) is 24.6 Å². The summed E-state index contributed by atoms with van der Waals surface area (Å²) in [6, 6.07) is 7.76. The van der Waals surface area contributed by atoms with Crippen LogP contribution in [0.1, 0.15) is 19.4 Å². The zero-order valence-electron chi connectivity index (χ0n) is 14.1. The molecule has 1 atom stereocenters. The average molecular weight is 435 g/mol. The molecule has 0 amide bonds.